The Morgan fingerprint density at radius 1 is 1.40 bits per heavy atom. The van der Waals surface area contributed by atoms with Crippen molar-refractivity contribution in [2.24, 2.45) is 11.8 Å². The van der Waals surface area contributed by atoms with Crippen molar-refractivity contribution in [3.8, 4) is 0 Å². The van der Waals surface area contributed by atoms with E-state index in [1.54, 1.807) is 0 Å². The second-order valence-electron chi connectivity index (χ2n) is 4.72. The van der Waals surface area contributed by atoms with Crippen molar-refractivity contribution in [2.75, 3.05) is 20.2 Å². The van der Waals surface area contributed by atoms with Crippen LogP contribution in [0, 0.1) is 11.8 Å². The average molecular weight is 211 g/mol. The maximum Gasteiger partial charge on any atom is 0.0559 e. The van der Waals surface area contributed by atoms with Gasteiger partial charge in [-0.1, -0.05) is 19.1 Å². The zero-order chi connectivity index (χ0) is 11.1. The molecule has 1 N–H and O–H groups in total. The summed E-state index contributed by atoms with van der Waals surface area (Å²) in [6.07, 6.45) is 8.50. The van der Waals surface area contributed by atoms with Gasteiger partial charge >= 0.3 is 0 Å². The second-order valence-corrected chi connectivity index (χ2v) is 4.72. The van der Waals surface area contributed by atoms with Crippen LogP contribution in [-0.2, 0) is 4.74 Å². The van der Waals surface area contributed by atoms with Crippen LogP contribution in [0.3, 0.4) is 0 Å². The van der Waals surface area contributed by atoms with Gasteiger partial charge in [-0.05, 0) is 51.6 Å². The highest BCUT2D eigenvalue weighted by molar-refractivity contribution is 4.93. The molecule has 0 spiro atoms. The van der Waals surface area contributed by atoms with Crippen LogP contribution in [0.25, 0.3) is 0 Å². The molecule has 2 heteroatoms. The maximum absolute atomic E-state index is 5.88. The van der Waals surface area contributed by atoms with Crippen LogP contribution in [0.2, 0.25) is 0 Å². The number of nitrogens with one attached hydrogen (secondary N) is 1. The van der Waals surface area contributed by atoms with Gasteiger partial charge in [0.25, 0.3) is 0 Å². The van der Waals surface area contributed by atoms with Gasteiger partial charge in [0, 0.05) is 0 Å². The minimum absolute atomic E-state index is 0.385. The Morgan fingerprint density at radius 3 is 2.80 bits per heavy atom. The lowest BCUT2D eigenvalue weighted by Crippen LogP contribution is -2.24. The SMILES string of the molecule is CNCCC(C)OCC1CC=CCC1C. The fraction of sp³-hybridized carbons (Fsp3) is 0.846. The van der Waals surface area contributed by atoms with Crippen LogP contribution in [0.5, 0.6) is 0 Å². The van der Waals surface area contributed by atoms with E-state index in [1.165, 1.54) is 12.8 Å². The van der Waals surface area contributed by atoms with Crippen molar-refractivity contribution in [1.82, 2.24) is 5.32 Å². The molecule has 0 radical (unpaired) electrons. The van der Waals surface area contributed by atoms with E-state index in [1.807, 2.05) is 7.05 Å². The Balaban J connectivity index is 2.15. The molecule has 88 valence electrons. The summed E-state index contributed by atoms with van der Waals surface area (Å²) in [5, 5.41) is 3.15. The second kappa shape index (κ2) is 7.02. The Morgan fingerprint density at radius 2 is 2.13 bits per heavy atom. The van der Waals surface area contributed by atoms with Crippen molar-refractivity contribution in [3.63, 3.8) is 0 Å². The molecule has 0 saturated carbocycles. The normalized spacial score (nSPS) is 27.9. The topological polar surface area (TPSA) is 21.3 Å². The highest BCUT2D eigenvalue weighted by Gasteiger charge is 2.19. The van der Waals surface area contributed by atoms with Crippen molar-refractivity contribution in [1.29, 1.82) is 0 Å². The van der Waals surface area contributed by atoms with Crippen LogP contribution in [0.15, 0.2) is 12.2 Å². The summed E-state index contributed by atoms with van der Waals surface area (Å²) in [5.74, 6) is 1.51. The Bertz CT molecular complexity index is 191. The van der Waals surface area contributed by atoms with Crippen molar-refractivity contribution < 1.29 is 4.74 Å². The van der Waals surface area contributed by atoms with E-state index in [0.717, 1.165) is 31.4 Å². The molecular weight excluding hydrogens is 186 g/mol. The molecule has 3 atom stereocenters. The third-order valence-corrected chi connectivity index (χ3v) is 3.31. The first-order valence-electron chi connectivity index (χ1n) is 6.15. The molecule has 3 unspecified atom stereocenters. The van der Waals surface area contributed by atoms with Gasteiger partial charge in [-0.2, -0.15) is 0 Å². The van der Waals surface area contributed by atoms with Crippen LogP contribution in [0.4, 0.5) is 0 Å². The fourth-order valence-electron chi connectivity index (χ4n) is 1.96. The Labute approximate surface area is 94.1 Å². The van der Waals surface area contributed by atoms with E-state index in [4.69, 9.17) is 4.74 Å². The van der Waals surface area contributed by atoms with E-state index in [-0.39, 0.29) is 0 Å². The lowest BCUT2D eigenvalue weighted by atomic mass is 9.85. The van der Waals surface area contributed by atoms with Crippen LogP contribution in [-0.4, -0.2) is 26.3 Å². The maximum atomic E-state index is 5.88. The third-order valence-electron chi connectivity index (χ3n) is 3.31. The molecule has 0 aromatic rings. The first-order chi connectivity index (χ1) is 7.24. The first kappa shape index (κ1) is 12.7. The van der Waals surface area contributed by atoms with Crippen molar-refractivity contribution >= 4 is 0 Å². The molecule has 0 aliphatic heterocycles. The van der Waals surface area contributed by atoms with E-state index >= 15 is 0 Å². The summed E-state index contributed by atoms with van der Waals surface area (Å²) < 4.78 is 5.88. The Kier molecular flexibility index (Phi) is 5.96. The molecular formula is C13H25NO. The number of rotatable bonds is 6. The van der Waals surface area contributed by atoms with Gasteiger partial charge in [0.1, 0.15) is 0 Å². The first-order valence-corrected chi connectivity index (χ1v) is 6.15. The minimum Gasteiger partial charge on any atom is -0.378 e. The minimum atomic E-state index is 0.385. The van der Waals surface area contributed by atoms with E-state index in [9.17, 15) is 0 Å². The highest BCUT2D eigenvalue weighted by atomic mass is 16.5. The molecule has 0 fully saturated rings. The van der Waals surface area contributed by atoms with Crippen LogP contribution in [0.1, 0.15) is 33.1 Å². The number of ether oxygens (including phenoxy) is 1. The lowest BCUT2D eigenvalue weighted by Gasteiger charge is -2.26. The van der Waals surface area contributed by atoms with Gasteiger partial charge in [-0.15, -0.1) is 0 Å². The van der Waals surface area contributed by atoms with Gasteiger partial charge in [-0.25, -0.2) is 0 Å². The molecule has 0 aromatic carbocycles. The predicted octanol–water partition coefficient (Wildman–Crippen LogP) is 2.60. The third kappa shape index (κ3) is 4.80. The summed E-state index contributed by atoms with van der Waals surface area (Å²) in [7, 11) is 1.99. The molecule has 2 nitrogen and oxygen atoms in total. The summed E-state index contributed by atoms with van der Waals surface area (Å²) in [6.45, 7) is 6.47. The fourth-order valence-corrected chi connectivity index (χ4v) is 1.96. The van der Waals surface area contributed by atoms with Gasteiger partial charge in [-0.3, -0.25) is 0 Å². The van der Waals surface area contributed by atoms with Crippen LogP contribution < -0.4 is 5.32 Å². The highest BCUT2D eigenvalue weighted by Crippen LogP contribution is 2.25. The molecule has 0 aromatic heterocycles. The molecule has 15 heavy (non-hydrogen) atoms. The smallest absolute Gasteiger partial charge is 0.0559 e. The summed E-state index contributed by atoms with van der Waals surface area (Å²) >= 11 is 0. The summed E-state index contributed by atoms with van der Waals surface area (Å²) in [6, 6.07) is 0. The number of allylic oxidation sites excluding steroid dienone is 2. The van der Waals surface area contributed by atoms with Gasteiger partial charge in [0.05, 0.1) is 12.7 Å². The number of hydrogen-bond donors (Lipinski definition) is 1. The zero-order valence-electron chi connectivity index (χ0n) is 10.3. The van der Waals surface area contributed by atoms with Gasteiger partial charge in [0.2, 0.25) is 0 Å². The summed E-state index contributed by atoms with van der Waals surface area (Å²) in [4.78, 5) is 0. The molecule has 1 rings (SSSR count). The lowest BCUT2D eigenvalue weighted by molar-refractivity contribution is 0.0228. The molecule has 1 aliphatic carbocycles. The quantitative estimate of drug-likeness (QED) is 0.682. The predicted molar refractivity (Wildman–Crippen MR) is 65.0 cm³/mol. The monoisotopic (exact) mass is 211 g/mol. The summed E-state index contributed by atoms with van der Waals surface area (Å²) in [5.41, 5.74) is 0. The van der Waals surface area contributed by atoms with Gasteiger partial charge in [0.15, 0.2) is 0 Å². The van der Waals surface area contributed by atoms with E-state index in [2.05, 4.69) is 31.3 Å². The standard InChI is InChI=1S/C13H25NO/c1-11-6-4-5-7-13(11)10-15-12(2)8-9-14-3/h4-5,11-14H,6-10H2,1-3H3. The van der Waals surface area contributed by atoms with Crippen molar-refractivity contribution in [3.05, 3.63) is 12.2 Å². The molecule has 0 heterocycles. The molecule has 0 bridgehead atoms. The number of hydrogen-bond acceptors (Lipinski definition) is 2. The average Bonchev–Trinajstić information content (AvgIpc) is 2.25. The van der Waals surface area contributed by atoms with Gasteiger partial charge < -0.3 is 10.1 Å². The van der Waals surface area contributed by atoms with E-state index in [0.29, 0.717) is 6.10 Å². The van der Waals surface area contributed by atoms with E-state index < -0.39 is 0 Å². The van der Waals surface area contributed by atoms with Crippen LogP contribution >= 0.6 is 0 Å². The van der Waals surface area contributed by atoms with Crippen molar-refractivity contribution in [2.45, 2.75) is 39.2 Å². The largest absolute Gasteiger partial charge is 0.378 e. The molecule has 1 aliphatic rings. The molecule has 0 saturated heterocycles. The molecule has 0 amide bonds. The zero-order valence-corrected chi connectivity index (χ0v) is 10.3. The Hall–Kier alpha value is -0.340.